The first kappa shape index (κ1) is 14.9. The van der Waals surface area contributed by atoms with Gasteiger partial charge in [-0.25, -0.2) is 0 Å². The van der Waals surface area contributed by atoms with Crippen LogP contribution < -0.4 is 5.32 Å². The van der Waals surface area contributed by atoms with Crippen molar-refractivity contribution in [2.24, 2.45) is 16.7 Å². The van der Waals surface area contributed by atoms with Gasteiger partial charge < -0.3 is 5.32 Å². The zero-order valence-corrected chi connectivity index (χ0v) is 13.9. The van der Waals surface area contributed by atoms with Crippen LogP contribution in [0.2, 0.25) is 0 Å². The smallest absolute Gasteiger partial charge is 0.0291 e. The van der Waals surface area contributed by atoms with E-state index in [9.17, 15) is 0 Å². The van der Waals surface area contributed by atoms with E-state index in [1.54, 1.807) is 11.8 Å². The van der Waals surface area contributed by atoms with Crippen LogP contribution in [0.1, 0.15) is 46.2 Å². The van der Waals surface area contributed by atoms with E-state index in [0.29, 0.717) is 16.9 Å². The molecule has 0 aliphatic heterocycles. The van der Waals surface area contributed by atoms with Crippen molar-refractivity contribution in [2.45, 2.75) is 45.6 Å². The van der Waals surface area contributed by atoms with Crippen molar-refractivity contribution in [3.8, 4) is 0 Å². The highest BCUT2D eigenvalue weighted by molar-refractivity contribution is 7.98. The lowest BCUT2D eigenvalue weighted by Gasteiger charge is -2.15. The predicted octanol–water partition coefficient (Wildman–Crippen LogP) is 4.74. The Hall–Kier alpha value is -0.470. The number of hydrogen-bond donors (Lipinski definition) is 1. The molecule has 0 saturated heterocycles. The minimum atomic E-state index is 0.433. The Balaban J connectivity index is 1.90. The Morgan fingerprint density at radius 1 is 1.11 bits per heavy atom. The molecule has 1 aromatic rings. The van der Waals surface area contributed by atoms with Crippen LogP contribution in [-0.2, 0) is 0 Å². The highest BCUT2D eigenvalue weighted by Gasteiger charge is 2.63. The number of thioether (sulfide) groups is 1. The fraction of sp³-hybridized carbons (Fsp3) is 0.647. The molecule has 1 unspecified atom stereocenters. The predicted molar refractivity (Wildman–Crippen MR) is 85.7 cm³/mol. The summed E-state index contributed by atoms with van der Waals surface area (Å²) < 4.78 is 0. The van der Waals surface area contributed by atoms with E-state index in [1.807, 2.05) is 0 Å². The molecule has 19 heavy (non-hydrogen) atoms. The van der Waals surface area contributed by atoms with Gasteiger partial charge in [-0.2, -0.15) is 0 Å². The van der Waals surface area contributed by atoms with Gasteiger partial charge in [-0.15, -0.1) is 11.8 Å². The molecule has 0 spiro atoms. The second-order valence-corrected chi connectivity index (χ2v) is 7.78. The molecule has 106 valence electrons. The molecule has 1 aliphatic rings. The molecule has 2 heteroatoms. The van der Waals surface area contributed by atoms with Crippen LogP contribution in [0.3, 0.4) is 0 Å². The second-order valence-electron chi connectivity index (χ2n) is 6.90. The van der Waals surface area contributed by atoms with Gasteiger partial charge in [-0.3, -0.25) is 0 Å². The lowest BCUT2D eigenvalue weighted by atomic mass is 10.0. The van der Waals surface area contributed by atoms with Crippen molar-refractivity contribution < 1.29 is 0 Å². The molecule has 1 aromatic carbocycles. The Kier molecular flexibility index (Phi) is 4.04. The zero-order valence-electron chi connectivity index (χ0n) is 13.1. The SMILES string of the molecule is CSc1ccc(C(C)NCC2C(C)(C)C2(C)C)cc1. The molecular weight excluding hydrogens is 250 g/mol. The van der Waals surface area contributed by atoms with Gasteiger partial charge in [0.15, 0.2) is 0 Å². The summed E-state index contributed by atoms with van der Waals surface area (Å²) in [5, 5.41) is 3.70. The minimum absolute atomic E-state index is 0.433. The lowest BCUT2D eigenvalue weighted by molar-refractivity contribution is 0.457. The van der Waals surface area contributed by atoms with Gasteiger partial charge in [0.05, 0.1) is 0 Å². The first-order valence-electron chi connectivity index (χ1n) is 7.18. The maximum absolute atomic E-state index is 3.70. The van der Waals surface area contributed by atoms with Crippen molar-refractivity contribution in [2.75, 3.05) is 12.8 Å². The van der Waals surface area contributed by atoms with Gasteiger partial charge in [0.2, 0.25) is 0 Å². The quantitative estimate of drug-likeness (QED) is 0.780. The highest BCUT2D eigenvalue weighted by atomic mass is 32.2. The molecule has 0 radical (unpaired) electrons. The Bertz CT molecular complexity index is 419. The Morgan fingerprint density at radius 3 is 2.05 bits per heavy atom. The number of nitrogens with one attached hydrogen (secondary N) is 1. The third-order valence-electron chi connectivity index (χ3n) is 5.56. The lowest BCUT2D eigenvalue weighted by Crippen LogP contribution is -2.23. The van der Waals surface area contributed by atoms with Crippen LogP contribution >= 0.6 is 11.8 Å². The molecule has 1 aliphatic carbocycles. The van der Waals surface area contributed by atoms with Crippen molar-refractivity contribution in [3.63, 3.8) is 0 Å². The van der Waals surface area contributed by atoms with Crippen LogP contribution in [0.15, 0.2) is 29.2 Å². The van der Waals surface area contributed by atoms with E-state index >= 15 is 0 Å². The third-order valence-corrected chi connectivity index (χ3v) is 6.31. The summed E-state index contributed by atoms with van der Waals surface area (Å²) in [6, 6.07) is 9.34. The van der Waals surface area contributed by atoms with Crippen molar-refractivity contribution >= 4 is 11.8 Å². The maximum atomic E-state index is 3.70. The molecule has 0 heterocycles. The number of hydrogen-bond acceptors (Lipinski definition) is 2. The first-order valence-corrected chi connectivity index (χ1v) is 8.40. The van der Waals surface area contributed by atoms with E-state index in [0.717, 1.165) is 12.5 Å². The molecule has 0 aromatic heterocycles. The van der Waals surface area contributed by atoms with E-state index in [2.05, 4.69) is 70.5 Å². The number of benzene rings is 1. The van der Waals surface area contributed by atoms with E-state index < -0.39 is 0 Å². The fourth-order valence-corrected chi connectivity index (χ4v) is 3.56. The van der Waals surface area contributed by atoms with Gasteiger partial charge in [-0.05, 0) is 54.2 Å². The molecule has 1 fully saturated rings. The summed E-state index contributed by atoms with van der Waals surface area (Å²) in [7, 11) is 0. The maximum Gasteiger partial charge on any atom is 0.0291 e. The standard InChI is InChI=1S/C17H27NS/c1-12(13-7-9-14(19-6)10-8-13)18-11-15-16(2,3)17(15,4)5/h7-10,12,15,18H,11H2,1-6H3. The zero-order chi connectivity index (χ0) is 14.3. The fourth-order valence-electron chi connectivity index (χ4n) is 3.15. The van der Waals surface area contributed by atoms with Crippen molar-refractivity contribution in [3.05, 3.63) is 29.8 Å². The molecule has 1 nitrogen and oxygen atoms in total. The van der Waals surface area contributed by atoms with Crippen molar-refractivity contribution in [1.82, 2.24) is 5.32 Å². The second kappa shape index (κ2) is 5.14. The van der Waals surface area contributed by atoms with Gasteiger partial charge in [0.1, 0.15) is 0 Å². The highest BCUT2D eigenvalue weighted by Crippen LogP contribution is 2.68. The average molecular weight is 277 g/mol. The molecule has 1 atom stereocenters. The topological polar surface area (TPSA) is 12.0 Å². The van der Waals surface area contributed by atoms with Gasteiger partial charge in [-0.1, -0.05) is 39.8 Å². The molecular formula is C17H27NS. The summed E-state index contributed by atoms with van der Waals surface area (Å²) in [5.74, 6) is 0.785. The molecule has 2 rings (SSSR count). The monoisotopic (exact) mass is 277 g/mol. The normalized spacial score (nSPS) is 22.2. The van der Waals surface area contributed by atoms with E-state index in [1.165, 1.54) is 10.5 Å². The molecule has 1 saturated carbocycles. The van der Waals surface area contributed by atoms with Crippen LogP contribution in [-0.4, -0.2) is 12.8 Å². The van der Waals surface area contributed by atoms with Crippen molar-refractivity contribution in [1.29, 1.82) is 0 Å². The van der Waals surface area contributed by atoms with Gasteiger partial charge in [0, 0.05) is 10.9 Å². The van der Waals surface area contributed by atoms with Crippen LogP contribution in [0.5, 0.6) is 0 Å². The van der Waals surface area contributed by atoms with Gasteiger partial charge >= 0.3 is 0 Å². The summed E-state index contributed by atoms with van der Waals surface area (Å²) in [5.41, 5.74) is 2.33. The summed E-state index contributed by atoms with van der Waals surface area (Å²) >= 11 is 1.80. The number of rotatable bonds is 5. The first-order chi connectivity index (χ1) is 8.80. The van der Waals surface area contributed by atoms with Crippen LogP contribution in [0.4, 0.5) is 0 Å². The Labute approximate surface area is 122 Å². The summed E-state index contributed by atoms with van der Waals surface area (Å²) in [4.78, 5) is 1.33. The largest absolute Gasteiger partial charge is 0.310 e. The van der Waals surface area contributed by atoms with Gasteiger partial charge in [0.25, 0.3) is 0 Å². The summed E-state index contributed by atoms with van der Waals surface area (Å²) in [6.45, 7) is 12.9. The van der Waals surface area contributed by atoms with E-state index in [-0.39, 0.29) is 0 Å². The Morgan fingerprint density at radius 2 is 1.63 bits per heavy atom. The van der Waals surface area contributed by atoms with E-state index in [4.69, 9.17) is 0 Å². The third kappa shape index (κ3) is 2.71. The van der Waals surface area contributed by atoms with Crippen LogP contribution in [0, 0.1) is 16.7 Å². The molecule has 0 bridgehead atoms. The van der Waals surface area contributed by atoms with Crippen LogP contribution in [0.25, 0.3) is 0 Å². The molecule has 0 amide bonds. The minimum Gasteiger partial charge on any atom is -0.310 e. The summed E-state index contributed by atoms with van der Waals surface area (Å²) in [6.07, 6.45) is 2.12. The molecule has 1 N–H and O–H groups in total. The average Bonchev–Trinajstić information content (AvgIpc) is 2.77.